The number of carbonyl (C=O) groups excluding carboxylic acids is 1. The molecule has 19 heavy (non-hydrogen) atoms. The van der Waals surface area contributed by atoms with Crippen LogP contribution in [0.5, 0.6) is 0 Å². The number of hydrogen-bond donors (Lipinski definition) is 2. The Balaban J connectivity index is 2.58. The summed E-state index contributed by atoms with van der Waals surface area (Å²) in [7, 11) is 0. The van der Waals surface area contributed by atoms with Crippen LogP contribution in [-0.2, 0) is 4.79 Å². The molecule has 0 saturated carbocycles. The van der Waals surface area contributed by atoms with Gasteiger partial charge in [0.25, 0.3) is 0 Å². The average molecular weight is 343 g/mol. The molecule has 5 heteroatoms. The van der Waals surface area contributed by atoms with Crippen LogP contribution in [0.25, 0.3) is 0 Å². The molecular formula is C14H19BrN2OS. The van der Waals surface area contributed by atoms with Crippen molar-refractivity contribution in [1.82, 2.24) is 5.32 Å². The van der Waals surface area contributed by atoms with Crippen LogP contribution in [0.15, 0.2) is 22.7 Å². The van der Waals surface area contributed by atoms with Crippen molar-refractivity contribution in [2.45, 2.75) is 34.1 Å². The number of nitrogens with one attached hydrogen (secondary N) is 2. The Morgan fingerprint density at radius 3 is 2.53 bits per heavy atom. The molecule has 104 valence electrons. The highest BCUT2D eigenvalue weighted by Gasteiger charge is 2.16. The first-order chi connectivity index (χ1) is 8.67. The van der Waals surface area contributed by atoms with E-state index in [0.29, 0.717) is 11.5 Å². The van der Waals surface area contributed by atoms with E-state index in [4.69, 9.17) is 12.2 Å². The number of halogens is 1. The molecule has 0 bridgehead atoms. The molecular weight excluding hydrogens is 324 g/mol. The lowest BCUT2D eigenvalue weighted by atomic mass is 9.92. The normalized spacial score (nSPS) is 11.0. The first kappa shape index (κ1) is 16.1. The predicted octanol–water partition coefficient (Wildman–Crippen LogP) is 4.01. The van der Waals surface area contributed by atoms with Gasteiger partial charge in [-0.05, 0) is 58.2 Å². The summed E-state index contributed by atoms with van der Waals surface area (Å²) < 4.78 is 0.917. The van der Waals surface area contributed by atoms with E-state index in [-0.39, 0.29) is 11.3 Å². The van der Waals surface area contributed by atoms with E-state index in [0.717, 1.165) is 15.7 Å². The van der Waals surface area contributed by atoms with Gasteiger partial charge in [-0.2, -0.15) is 0 Å². The highest BCUT2D eigenvalue weighted by atomic mass is 79.9. The topological polar surface area (TPSA) is 41.1 Å². The zero-order chi connectivity index (χ0) is 14.6. The summed E-state index contributed by atoms with van der Waals surface area (Å²) in [6.45, 7) is 8.05. The number of rotatable bonds is 2. The van der Waals surface area contributed by atoms with Crippen molar-refractivity contribution in [3.05, 3.63) is 28.2 Å². The standard InChI is InChI=1S/C14H19BrN2OS/c1-9-5-6-11(10(15)7-9)16-13(19)17-12(18)8-14(2,3)4/h5-7H,8H2,1-4H3,(H2,16,17,18,19). The Morgan fingerprint density at radius 2 is 2.00 bits per heavy atom. The number of aryl methyl sites for hydroxylation is 1. The number of anilines is 1. The van der Waals surface area contributed by atoms with Gasteiger partial charge in [0.15, 0.2) is 5.11 Å². The summed E-state index contributed by atoms with van der Waals surface area (Å²) in [5, 5.41) is 6.01. The van der Waals surface area contributed by atoms with Crippen molar-refractivity contribution in [3.8, 4) is 0 Å². The van der Waals surface area contributed by atoms with Crippen LogP contribution in [0.2, 0.25) is 0 Å². The quantitative estimate of drug-likeness (QED) is 0.798. The van der Waals surface area contributed by atoms with Crippen LogP contribution >= 0.6 is 28.1 Å². The summed E-state index contributed by atoms with van der Waals surface area (Å²) in [5.74, 6) is -0.0757. The SMILES string of the molecule is Cc1ccc(NC(=S)NC(=O)CC(C)(C)C)c(Br)c1. The third kappa shape index (κ3) is 6.16. The van der Waals surface area contributed by atoms with Crippen molar-refractivity contribution in [3.63, 3.8) is 0 Å². The lowest BCUT2D eigenvalue weighted by Gasteiger charge is -2.18. The minimum atomic E-state index is -0.0757. The second-order valence-electron chi connectivity index (χ2n) is 5.72. The summed E-state index contributed by atoms with van der Waals surface area (Å²) in [4.78, 5) is 11.7. The Kier molecular flexibility index (Phi) is 5.50. The average Bonchev–Trinajstić information content (AvgIpc) is 2.19. The summed E-state index contributed by atoms with van der Waals surface area (Å²) in [5.41, 5.74) is 1.94. The fourth-order valence-electron chi connectivity index (χ4n) is 1.53. The van der Waals surface area contributed by atoms with Crippen LogP contribution in [0.1, 0.15) is 32.8 Å². The summed E-state index contributed by atoms with van der Waals surface area (Å²) in [6.07, 6.45) is 0.434. The third-order valence-corrected chi connectivity index (χ3v) is 3.18. The van der Waals surface area contributed by atoms with E-state index < -0.39 is 0 Å². The third-order valence-electron chi connectivity index (χ3n) is 2.32. The Hall–Kier alpha value is -0.940. The number of amides is 1. The van der Waals surface area contributed by atoms with Crippen molar-refractivity contribution in [2.24, 2.45) is 5.41 Å². The van der Waals surface area contributed by atoms with Gasteiger partial charge < -0.3 is 10.6 Å². The maximum absolute atomic E-state index is 11.7. The van der Waals surface area contributed by atoms with Crippen LogP contribution in [-0.4, -0.2) is 11.0 Å². The molecule has 0 aromatic heterocycles. The minimum absolute atomic E-state index is 0.0514. The second kappa shape index (κ2) is 6.48. The minimum Gasteiger partial charge on any atom is -0.331 e. The zero-order valence-electron chi connectivity index (χ0n) is 11.6. The van der Waals surface area contributed by atoms with E-state index in [1.165, 1.54) is 0 Å². The Bertz CT molecular complexity index is 495. The molecule has 0 aliphatic heterocycles. The zero-order valence-corrected chi connectivity index (χ0v) is 14.0. The van der Waals surface area contributed by atoms with Gasteiger partial charge in [-0.1, -0.05) is 26.8 Å². The lowest BCUT2D eigenvalue weighted by molar-refractivity contribution is -0.121. The van der Waals surface area contributed by atoms with Crippen LogP contribution in [0.4, 0.5) is 5.69 Å². The largest absolute Gasteiger partial charge is 0.331 e. The number of carbonyl (C=O) groups is 1. The molecule has 0 aliphatic rings. The van der Waals surface area contributed by atoms with Crippen molar-refractivity contribution in [2.75, 3.05) is 5.32 Å². The molecule has 0 radical (unpaired) electrons. The van der Waals surface area contributed by atoms with Gasteiger partial charge in [-0.15, -0.1) is 0 Å². The van der Waals surface area contributed by atoms with E-state index in [2.05, 4.69) is 26.6 Å². The molecule has 0 spiro atoms. The molecule has 1 aromatic carbocycles. The molecule has 1 amide bonds. The van der Waals surface area contributed by atoms with E-state index in [9.17, 15) is 4.79 Å². The summed E-state index contributed by atoms with van der Waals surface area (Å²) >= 11 is 8.59. The fourth-order valence-corrected chi connectivity index (χ4v) is 2.34. The van der Waals surface area contributed by atoms with Gasteiger partial charge >= 0.3 is 0 Å². The molecule has 3 nitrogen and oxygen atoms in total. The monoisotopic (exact) mass is 342 g/mol. The molecule has 0 saturated heterocycles. The van der Waals surface area contributed by atoms with Crippen molar-refractivity contribution in [1.29, 1.82) is 0 Å². The molecule has 2 N–H and O–H groups in total. The van der Waals surface area contributed by atoms with Gasteiger partial charge in [-0.3, -0.25) is 4.79 Å². The number of hydrogen-bond acceptors (Lipinski definition) is 2. The fraction of sp³-hybridized carbons (Fsp3) is 0.429. The molecule has 0 fully saturated rings. The molecule has 0 atom stereocenters. The van der Waals surface area contributed by atoms with Gasteiger partial charge in [0, 0.05) is 10.9 Å². The first-order valence-electron chi connectivity index (χ1n) is 6.04. The van der Waals surface area contributed by atoms with Crippen LogP contribution in [0.3, 0.4) is 0 Å². The molecule has 0 aliphatic carbocycles. The molecule has 1 rings (SSSR count). The van der Waals surface area contributed by atoms with Crippen LogP contribution < -0.4 is 10.6 Å². The Morgan fingerprint density at radius 1 is 1.37 bits per heavy atom. The van der Waals surface area contributed by atoms with Crippen LogP contribution in [0, 0.1) is 12.3 Å². The summed E-state index contributed by atoms with van der Waals surface area (Å²) in [6, 6.07) is 5.89. The van der Waals surface area contributed by atoms with E-state index >= 15 is 0 Å². The maximum atomic E-state index is 11.7. The van der Waals surface area contributed by atoms with Gasteiger partial charge in [0.2, 0.25) is 5.91 Å². The maximum Gasteiger partial charge on any atom is 0.226 e. The number of benzene rings is 1. The van der Waals surface area contributed by atoms with E-state index in [1.807, 2.05) is 45.9 Å². The predicted molar refractivity (Wildman–Crippen MR) is 87.3 cm³/mol. The van der Waals surface area contributed by atoms with Crippen molar-refractivity contribution < 1.29 is 4.79 Å². The number of thiocarbonyl (C=S) groups is 1. The van der Waals surface area contributed by atoms with Gasteiger partial charge in [-0.25, -0.2) is 0 Å². The highest BCUT2D eigenvalue weighted by Crippen LogP contribution is 2.23. The van der Waals surface area contributed by atoms with Gasteiger partial charge in [0.1, 0.15) is 0 Å². The highest BCUT2D eigenvalue weighted by molar-refractivity contribution is 9.10. The second-order valence-corrected chi connectivity index (χ2v) is 6.99. The smallest absolute Gasteiger partial charge is 0.226 e. The first-order valence-corrected chi connectivity index (χ1v) is 7.24. The molecule has 0 heterocycles. The van der Waals surface area contributed by atoms with Gasteiger partial charge in [0.05, 0.1) is 5.69 Å². The van der Waals surface area contributed by atoms with E-state index in [1.54, 1.807) is 0 Å². The Labute approximate surface area is 128 Å². The lowest BCUT2D eigenvalue weighted by Crippen LogP contribution is -2.36. The molecule has 0 unspecified atom stereocenters. The van der Waals surface area contributed by atoms with Crippen molar-refractivity contribution >= 4 is 44.9 Å². The molecule has 1 aromatic rings.